The first-order valence-corrected chi connectivity index (χ1v) is 4.09. The number of rotatable bonds is 1. The third-order valence-electron chi connectivity index (χ3n) is 1.87. The Morgan fingerprint density at radius 2 is 2.10 bits per heavy atom. The highest BCUT2D eigenvalue weighted by Crippen LogP contribution is 2.24. The lowest BCUT2D eigenvalue weighted by atomic mass is 9.97. The Hall–Kier alpha value is -0.360. The highest BCUT2D eigenvalue weighted by Gasteiger charge is 2.22. The Morgan fingerprint density at radius 1 is 1.40 bits per heavy atom. The summed E-state index contributed by atoms with van der Waals surface area (Å²) < 4.78 is 4.82. The summed E-state index contributed by atoms with van der Waals surface area (Å²) in [5.41, 5.74) is 0. The lowest BCUT2D eigenvalue weighted by molar-refractivity contribution is 0.127. The number of hydrogen-bond donors (Lipinski definition) is 1. The molecule has 2 atom stereocenters. The zero-order chi connectivity index (χ0) is 7.40. The van der Waals surface area contributed by atoms with Crippen LogP contribution < -0.4 is 0 Å². The number of hydrogen-bond acceptors (Lipinski definition) is 3. The second-order valence-electron chi connectivity index (χ2n) is 2.60. The molecule has 1 aliphatic rings. The van der Waals surface area contributed by atoms with Gasteiger partial charge in [0.15, 0.2) is 0 Å². The topological polar surface area (TPSA) is 33.0 Å². The second-order valence-corrected chi connectivity index (χ2v) is 3.26. The van der Waals surface area contributed by atoms with E-state index in [4.69, 9.17) is 10.00 Å². The highest BCUT2D eigenvalue weighted by atomic mass is 32.1. The quantitative estimate of drug-likeness (QED) is 0.464. The molecule has 0 amide bonds. The predicted molar refractivity (Wildman–Crippen MR) is 41.7 cm³/mol. The summed E-state index contributed by atoms with van der Waals surface area (Å²) >= 11 is 4.31. The first kappa shape index (κ1) is 7.74. The zero-order valence-electron chi connectivity index (χ0n) is 5.79. The SMILES string of the molecule is N#CO[C@@H]1CCCC[C@H]1S. The van der Waals surface area contributed by atoms with E-state index in [0.29, 0.717) is 0 Å². The Kier molecular flexibility index (Phi) is 2.88. The van der Waals surface area contributed by atoms with Crippen LogP contribution in [0.25, 0.3) is 0 Å². The first-order valence-electron chi connectivity index (χ1n) is 3.57. The monoisotopic (exact) mass is 157 g/mol. The summed E-state index contributed by atoms with van der Waals surface area (Å²) in [4.78, 5) is 0. The van der Waals surface area contributed by atoms with E-state index in [1.807, 2.05) is 0 Å². The van der Waals surface area contributed by atoms with Gasteiger partial charge in [-0.1, -0.05) is 6.42 Å². The van der Waals surface area contributed by atoms with Crippen LogP contribution in [0.3, 0.4) is 0 Å². The minimum absolute atomic E-state index is 0.0714. The number of nitriles is 1. The number of thiol groups is 1. The summed E-state index contributed by atoms with van der Waals surface area (Å²) in [5, 5.41) is 8.50. The van der Waals surface area contributed by atoms with Gasteiger partial charge in [0.05, 0.1) is 0 Å². The van der Waals surface area contributed by atoms with E-state index in [2.05, 4.69) is 12.6 Å². The lowest BCUT2D eigenvalue weighted by Gasteiger charge is -2.24. The lowest BCUT2D eigenvalue weighted by Crippen LogP contribution is -2.26. The Labute approximate surface area is 66.6 Å². The molecule has 0 aromatic heterocycles. The van der Waals surface area contributed by atoms with E-state index < -0.39 is 0 Å². The van der Waals surface area contributed by atoms with Gasteiger partial charge in [-0.2, -0.15) is 17.9 Å². The van der Waals surface area contributed by atoms with Crippen molar-refractivity contribution >= 4 is 12.6 Å². The molecular formula is C7H11NOS. The van der Waals surface area contributed by atoms with E-state index >= 15 is 0 Å². The molecule has 1 saturated carbocycles. The van der Waals surface area contributed by atoms with Gasteiger partial charge < -0.3 is 4.74 Å². The molecule has 0 heterocycles. The minimum Gasteiger partial charge on any atom is -0.423 e. The van der Waals surface area contributed by atoms with Crippen molar-refractivity contribution in [1.29, 1.82) is 5.26 Å². The third kappa shape index (κ3) is 1.81. The molecule has 0 N–H and O–H groups in total. The molecule has 1 aliphatic carbocycles. The van der Waals surface area contributed by atoms with Crippen LogP contribution in [-0.4, -0.2) is 11.4 Å². The van der Waals surface area contributed by atoms with E-state index in [-0.39, 0.29) is 11.4 Å². The molecule has 0 bridgehead atoms. The molecular weight excluding hydrogens is 146 g/mol. The fourth-order valence-corrected chi connectivity index (χ4v) is 1.67. The Balaban J connectivity index is 2.34. The first-order chi connectivity index (χ1) is 4.84. The number of nitrogens with zero attached hydrogens (tertiary/aromatic N) is 1. The molecule has 10 heavy (non-hydrogen) atoms. The van der Waals surface area contributed by atoms with Crippen molar-refractivity contribution in [1.82, 2.24) is 0 Å². The van der Waals surface area contributed by atoms with Crippen LogP contribution >= 0.6 is 12.6 Å². The van der Waals surface area contributed by atoms with Crippen molar-refractivity contribution in [3.8, 4) is 6.26 Å². The van der Waals surface area contributed by atoms with Crippen molar-refractivity contribution < 1.29 is 4.74 Å². The smallest absolute Gasteiger partial charge is 0.286 e. The van der Waals surface area contributed by atoms with E-state index in [9.17, 15) is 0 Å². The summed E-state index contributed by atoms with van der Waals surface area (Å²) in [5.74, 6) is 0. The molecule has 0 aromatic carbocycles. The van der Waals surface area contributed by atoms with E-state index in [0.717, 1.165) is 12.8 Å². The molecule has 0 aliphatic heterocycles. The van der Waals surface area contributed by atoms with Crippen molar-refractivity contribution in [3.05, 3.63) is 0 Å². The van der Waals surface area contributed by atoms with Gasteiger partial charge in [0, 0.05) is 5.25 Å². The largest absolute Gasteiger partial charge is 0.423 e. The molecule has 0 unspecified atom stereocenters. The van der Waals surface area contributed by atoms with Gasteiger partial charge >= 0.3 is 0 Å². The summed E-state index contributed by atoms with van der Waals surface area (Å²) in [6, 6.07) is 0. The molecule has 3 heteroatoms. The van der Waals surface area contributed by atoms with Crippen LogP contribution in [-0.2, 0) is 4.74 Å². The second kappa shape index (κ2) is 3.72. The standard InChI is InChI=1S/C7H11NOS/c8-5-9-6-3-1-2-4-7(6)10/h6-7,10H,1-4H2/t6-,7-/m1/s1. The maximum absolute atomic E-state index is 8.23. The minimum atomic E-state index is 0.0714. The maximum Gasteiger partial charge on any atom is 0.286 e. The third-order valence-corrected chi connectivity index (χ3v) is 2.46. The van der Waals surface area contributed by atoms with Gasteiger partial charge in [0.25, 0.3) is 6.26 Å². The van der Waals surface area contributed by atoms with Crippen molar-refractivity contribution in [2.45, 2.75) is 37.0 Å². The van der Waals surface area contributed by atoms with E-state index in [1.54, 1.807) is 6.26 Å². The molecule has 0 saturated heterocycles. The molecule has 0 spiro atoms. The van der Waals surface area contributed by atoms with Gasteiger partial charge in [-0.25, -0.2) is 0 Å². The van der Waals surface area contributed by atoms with Gasteiger partial charge in [-0.3, -0.25) is 0 Å². The molecule has 1 rings (SSSR count). The van der Waals surface area contributed by atoms with Crippen molar-refractivity contribution in [3.63, 3.8) is 0 Å². The van der Waals surface area contributed by atoms with Crippen molar-refractivity contribution in [2.75, 3.05) is 0 Å². The Morgan fingerprint density at radius 3 is 2.70 bits per heavy atom. The highest BCUT2D eigenvalue weighted by molar-refractivity contribution is 7.81. The molecule has 0 radical (unpaired) electrons. The predicted octanol–water partition coefficient (Wildman–Crippen LogP) is 1.73. The van der Waals surface area contributed by atoms with Crippen LogP contribution in [0.4, 0.5) is 0 Å². The summed E-state index contributed by atoms with van der Waals surface area (Å²) in [6.07, 6.45) is 6.25. The average molecular weight is 157 g/mol. The Bertz CT molecular complexity index is 143. The number of ether oxygens (including phenoxy) is 1. The summed E-state index contributed by atoms with van der Waals surface area (Å²) in [7, 11) is 0. The summed E-state index contributed by atoms with van der Waals surface area (Å²) in [6.45, 7) is 0. The fraction of sp³-hybridized carbons (Fsp3) is 0.857. The van der Waals surface area contributed by atoms with Crippen LogP contribution in [0.2, 0.25) is 0 Å². The van der Waals surface area contributed by atoms with Crippen LogP contribution in [0.1, 0.15) is 25.7 Å². The molecule has 2 nitrogen and oxygen atoms in total. The normalized spacial score (nSPS) is 32.8. The molecule has 56 valence electrons. The maximum atomic E-state index is 8.23. The van der Waals surface area contributed by atoms with Crippen LogP contribution in [0.5, 0.6) is 0 Å². The van der Waals surface area contributed by atoms with Crippen molar-refractivity contribution in [2.24, 2.45) is 0 Å². The van der Waals surface area contributed by atoms with Gasteiger partial charge in [-0.05, 0) is 19.3 Å². The fourth-order valence-electron chi connectivity index (χ4n) is 1.28. The molecule has 0 aromatic rings. The zero-order valence-corrected chi connectivity index (χ0v) is 6.68. The molecule has 1 fully saturated rings. The average Bonchev–Trinajstić information content (AvgIpc) is 1.94. The van der Waals surface area contributed by atoms with Crippen LogP contribution in [0.15, 0.2) is 0 Å². The van der Waals surface area contributed by atoms with Gasteiger partial charge in [0.2, 0.25) is 0 Å². The van der Waals surface area contributed by atoms with Crippen LogP contribution in [0, 0.1) is 11.5 Å². The van der Waals surface area contributed by atoms with E-state index in [1.165, 1.54) is 12.8 Å². The van der Waals surface area contributed by atoms with Gasteiger partial charge in [-0.15, -0.1) is 0 Å². The van der Waals surface area contributed by atoms with Gasteiger partial charge in [0.1, 0.15) is 6.10 Å².